The number of methoxy groups -OCH3 is 1. The number of nitrogens with zero attached hydrogens (tertiary/aromatic N) is 2. The SMILES string of the molecule is COC(=O)c1ccc2c(=O)n(Cc3ccc4c(c3)OCO4)c(SCC(=O)C(C)(C)C)nc2c1. The van der Waals surface area contributed by atoms with Gasteiger partial charge in [-0.15, -0.1) is 0 Å². The summed E-state index contributed by atoms with van der Waals surface area (Å²) in [5, 5.41) is 0.764. The number of carbonyl (C=O) groups is 2. The summed E-state index contributed by atoms with van der Waals surface area (Å²) < 4.78 is 17.1. The van der Waals surface area contributed by atoms with Gasteiger partial charge in [0, 0.05) is 5.41 Å². The second-order valence-corrected chi connectivity index (χ2v) is 9.60. The van der Waals surface area contributed by atoms with Crippen molar-refractivity contribution in [3.05, 3.63) is 57.9 Å². The predicted octanol–water partition coefficient (Wildman–Crippen LogP) is 3.67. The smallest absolute Gasteiger partial charge is 0.337 e. The Morgan fingerprint density at radius 2 is 1.88 bits per heavy atom. The van der Waals surface area contributed by atoms with E-state index in [1.807, 2.05) is 32.9 Å². The Bertz CT molecular complexity index is 1310. The maximum absolute atomic E-state index is 13.4. The van der Waals surface area contributed by atoms with Crippen molar-refractivity contribution in [1.82, 2.24) is 9.55 Å². The number of esters is 1. The molecular weight excluding hydrogens is 444 g/mol. The zero-order chi connectivity index (χ0) is 23.8. The third-order valence-electron chi connectivity index (χ3n) is 5.29. The molecule has 0 fully saturated rings. The van der Waals surface area contributed by atoms with Gasteiger partial charge in [0.2, 0.25) is 6.79 Å². The van der Waals surface area contributed by atoms with Gasteiger partial charge in [-0.1, -0.05) is 38.6 Å². The maximum atomic E-state index is 13.4. The first-order valence-electron chi connectivity index (χ1n) is 10.3. The van der Waals surface area contributed by atoms with Crippen molar-refractivity contribution in [2.75, 3.05) is 19.7 Å². The summed E-state index contributed by atoms with van der Waals surface area (Å²) in [5.74, 6) is 0.969. The van der Waals surface area contributed by atoms with E-state index in [2.05, 4.69) is 4.98 Å². The molecule has 0 saturated carbocycles. The quantitative estimate of drug-likeness (QED) is 0.307. The van der Waals surface area contributed by atoms with Crippen LogP contribution in [0.15, 0.2) is 46.3 Å². The van der Waals surface area contributed by atoms with Gasteiger partial charge in [-0.3, -0.25) is 14.2 Å². The van der Waals surface area contributed by atoms with Crippen molar-refractivity contribution >= 4 is 34.4 Å². The zero-order valence-corrected chi connectivity index (χ0v) is 19.7. The van der Waals surface area contributed by atoms with Crippen LogP contribution in [0.3, 0.4) is 0 Å². The standard InChI is InChI=1S/C24H24N2O6S/c1-24(2,3)20(27)12-33-23-25-17-10-15(22(29)30-4)6-7-16(17)21(28)26(23)11-14-5-8-18-19(9-14)32-13-31-18/h5-10H,11-13H2,1-4H3. The molecule has 0 bridgehead atoms. The molecule has 1 aromatic heterocycles. The Morgan fingerprint density at radius 1 is 1.12 bits per heavy atom. The van der Waals surface area contributed by atoms with E-state index < -0.39 is 11.4 Å². The number of ketones is 1. The lowest BCUT2D eigenvalue weighted by Gasteiger charge is -2.17. The number of carbonyl (C=O) groups excluding carboxylic acids is 2. The topological polar surface area (TPSA) is 96.7 Å². The number of aromatic nitrogens is 2. The first-order valence-corrected chi connectivity index (χ1v) is 11.3. The molecule has 0 spiro atoms. The van der Waals surface area contributed by atoms with Gasteiger partial charge in [-0.2, -0.15) is 0 Å². The summed E-state index contributed by atoms with van der Waals surface area (Å²) in [4.78, 5) is 42.6. The Labute approximate surface area is 194 Å². The van der Waals surface area contributed by atoms with Crippen LogP contribution in [0.25, 0.3) is 10.9 Å². The molecule has 0 saturated heterocycles. The van der Waals surface area contributed by atoms with Crippen LogP contribution in [0.4, 0.5) is 0 Å². The third kappa shape index (κ3) is 4.73. The minimum Gasteiger partial charge on any atom is -0.465 e. The minimum atomic E-state index is -0.514. The second kappa shape index (κ2) is 8.90. The number of thioether (sulfide) groups is 1. The van der Waals surface area contributed by atoms with Crippen molar-refractivity contribution in [2.24, 2.45) is 5.41 Å². The van der Waals surface area contributed by atoms with Gasteiger partial charge in [0.1, 0.15) is 5.78 Å². The fourth-order valence-corrected chi connectivity index (χ4v) is 4.42. The molecule has 0 radical (unpaired) electrons. The van der Waals surface area contributed by atoms with Crippen LogP contribution in [0.5, 0.6) is 11.5 Å². The maximum Gasteiger partial charge on any atom is 0.337 e. The molecule has 3 aromatic rings. The molecule has 1 aliphatic rings. The van der Waals surface area contributed by atoms with Gasteiger partial charge in [0.05, 0.1) is 35.9 Å². The minimum absolute atomic E-state index is 0.0415. The van der Waals surface area contributed by atoms with Gasteiger partial charge >= 0.3 is 5.97 Å². The fourth-order valence-electron chi connectivity index (χ4n) is 3.26. The Hall–Kier alpha value is -3.33. The average Bonchev–Trinajstić information content (AvgIpc) is 3.26. The van der Waals surface area contributed by atoms with Crippen LogP contribution >= 0.6 is 11.8 Å². The van der Waals surface area contributed by atoms with Crippen LogP contribution in [0.1, 0.15) is 36.7 Å². The van der Waals surface area contributed by atoms with Crippen LogP contribution in [0, 0.1) is 5.41 Å². The molecule has 1 aliphatic heterocycles. The highest BCUT2D eigenvalue weighted by atomic mass is 32.2. The van der Waals surface area contributed by atoms with Gasteiger partial charge < -0.3 is 14.2 Å². The van der Waals surface area contributed by atoms with Crippen molar-refractivity contribution < 1.29 is 23.8 Å². The fraction of sp³-hybridized carbons (Fsp3) is 0.333. The highest BCUT2D eigenvalue weighted by Crippen LogP contribution is 2.33. The van der Waals surface area contributed by atoms with Crippen molar-refractivity contribution in [3.63, 3.8) is 0 Å². The highest BCUT2D eigenvalue weighted by Gasteiger charge is 2.23. The van der Waals surface area contributed by atoms with Gasteiger partial charge in [-0.25, -0.2) is 9.78 Å². The van der Waals surface area contributed by atoms with Crippen molar-refractivity contribution in [2.45, 2.75) is 32.5 Å². The normalized spacial score (nSPS) is 12.7. The Balaban J connectivity index is 1.78. The summed E-state index contributed by atoms with van der Waals surface area (Å²) in [6.45, 7) is 5.96. The van der Waals surface area contributed by atoms with Gasteiger partial charge in [-0.05, 0) is 35.9 Å². The van der Waals surface area contributed by atoms with Crippen LogP contribution in [-0.2, 0) is 16.1 Å². The molecule has 9 heteroatoms. The lowest BCUT2D eigenvalue weighted by Crippen LogP contribution is -2.26. The second-order valence-electron chi connectivity index (χ2n) is 8.66. The van der Waals surface area contributed by atoms with E-state index in [-0.39, 0.29) is 30.4 Å². The number of fused-ring (bicyclic) bond motifs is 2. The van der Waals surface area contributed by atoms with E-state index in [1.165, 1.54) is 35.6 Å². The van der Waals surface area contributed by atoms with E-state index in [0.717, 1.165) is 5.56 Å². The molecule has 0 unspecified atom stereocenters. The lowest BCUT2D eigenvalue weighted by molar-refractivity contribution is -0.123. The number of hydrogen-bond acceptors (Lipinski definition) is 8. The molecule has 0 atom stereocenters. The van der Waals surface area contributed by atoms with Gasteiger partial charge in [0.25, 0.3) is 5.56 Å². The molecule has 0 N–H and O–H groups in total. The van der Waals surface area contributed by atoms with Crippen molar-refractivity contribution in [3.8, 4) is 11.5 Å². The van der Waals surface area contributed by atoms with Crippen LogP contribution < -0.4 is 15.0 Å². The lowest BCUT2D eigenvalue weighted by atomic mass is 9.92. The molecule has 33 heavy (non-hydrogen) atoms. The first-order chi connectivity index (χ1) is 15.7. The summed E-state index contributed by atoms with van der Waals surface area (Å²) >= 11 is 1.21. The molecule has 2 aromatic carbocycles. The molecular formula is C24H24N2O6S. The highest BCUT2D eigenvalue weighted by molar-refractivity contribution is 7.99. The van der Waals surface area contributed by atoms with E-state index in [0.29, 0.717) is 33.1 Å². The largest absolute Gasteiger partial charge is 0.465 e. The number of ether oxygens (including phenoxy) is 3. The Kier molecular flexibility index (Phi) is 6.16. The molecule has 0 amide bonds. The Morgan fingerprint density at radius 3 is 2.61 bits per heavy atom. The zero-order valence-electron chi connectivity index (χ0n) is 18.8. The molecule has 4 rings (SSSR count). The molecule has 8 nitrogen and oxygen atoms in total. The van der Waals surface area contributed by atoms with Crippen LogP contribution in [0.2, 0.25) is 0 Å². The van der Waals surface area contributed by atoms with E-state index in [1.54, 1.807) is 12.1 Å². The monoisotopic (exact) mass is 468 g/mol. The first kappa shape index (κ1) is 22.8. The number of hydrogen-bond donors (Lipinski definition) is 0. The van der Waals surface area contributed by atoms with Gasteiger partial charge in [0.15, 0.2) is 16.7 Å². The molecule has 172 valence electrons. The van der Waals surface area contributed by atoms with Crippen LogP contribution in [-0.4, -0.2) is 41.0 Å². The summed E-state index contributed by atoms with van der Waals surface area (Å²) in [5.41, 5.74) is 0.727. The van der Waals surface area contributed by atoms with E-state index in [4.69, 9.17) is 14.2 Å². The predicted molar refractivity (Wildman–Crippen MR) is 124 cm³/mol. The third-order valence-corrected chi connectivity index (χ3v) is 6.26. The molecule has 2 heterocycles. The van der Waals surface area contributed by atoms with Crippen molar-refractivity contribution in [1.29, 1.82) is 0 Å². The summed E-state index contributed by atoms with van der Waals surface area (Å²) in [6.07, 6.45) is 0. The number of rotatable bonds is 6. The van der Waals surface area contributed by atoms with E-state index in [9.17, 15) is 14.4 Å². The summed E-state index contributed by atoms with van der Waals surface area (Å²) in [7, 11) is 1.29. The number of Topliss-reactive ketones (excluding diaryl/α,β-unsaturated/α-hetero) is 1. The number of benzene rings is 2. The summed E-state index contributed by atoms with van der Waals surface area (Å²) in [6, 6.07) is 10.1. The molecule has 0 aliphatic carbocycles. The average molecular weight is 469 g/mol. The van der Waals surface area contributed by atoms with E-state index >= 15 is 0 Å².